The van der Waals surface area contributed by atoms with Gasteiger partial charge in [0.1, 0.15) is 5.82 Å². The summed E-state index contributed by atoms with van der Waals surface area (Å²) < 4.78 is 30.1. The van der Waals surface area contributed by atoms with Crippen LogP contribution in [0.15, 0.2) is 28.8 Å². The standard InChI is InChI=1S/C18H19FN4O3/c1-10-7-6-8-11(19)14(10)18(2,3)17-22-16(23-26-17)15-20-12(24-4)9-13(21-15)25-5/h6-9H,1-5H3. The van der Waals surface area contributed by atoms with Crippen molar-refractivity contribution in [2.24, 2.45) is 0 Å². The van der Waals surface area contributed by atoms with E-state index in [9.17, 15) is 4.39 Å². The van der Waals surface area contributed by atoms with Gasteiger partial charge in [-0.15, -0.1) is 0 Å². The number of aryl methyl sites for hydroxylation is 1. The van der Waals surface area contributed by atoms with Crippen molar-refractivity contribution in [1.82, 2.24) is 20.1 Å². The van der Waals surface area contributed by atoms with Crippen molar-refractivity contribution in [3.05, 3.63) is 47.1 Å². The molecule has 0 radical (unpaired) electrons. The molecule has 0 aliphatic heterocycles. The lowest BCUT2D eigenvalue weighted by molar-refractivity contribution is 0.327. The van der Waals surface area contributed by atoms with Gasteiger partial charge in [-0.2, -0.15) is 15.0 Å². The van der Waals surface area contributed by atoms with Crippen molar-refractivity contribution < 1.29 is 18.4 Å². The van der Waals surface area contributed by atoms with Crippen LogP contribution in [0, 0.1) is 12.7 Å². The number of rotatable bonds is 5. The molecule has 7 nitrogen and oxygen atoms in total. The fourth-order valence-corrected chi connectivity index (χ4v) is 2.81. The maximum Gasteiger partial charge on any atom is 0.240 e. The van der Waals surface area contributed by atoms with Gasteiger partial charge in [-0.1, -0.05) is 17.3 Å². The number of hydrogen-bond donors (Lipinski definition) is 0. The van der Waals surface area contributed by atoms with Gasteiger partial charge in [0.05, 0.1) is 25.7 Å². The molecule has 0 unspecified atom stereocenters. The molecule has 2 heterocycles. The Hall–Kier alpha value is -3.03. The minimum Gasteiger partial charge on any atom is -0.481 e. The maximum atomic E-state index is 14.4. The molecule has 26 heavy (non-hydrogen) atoms. The van der Waals surface area contributed by atoms with E-state index in [1.165, 1.54) is 26.4 Å². The van der Waals surface area contributed by atoms with Crippen LogP contribution in [-0.2, 0) is 5.41 Å². The summed E-state index contributed by atoms with van der Waals surface area (Å²) in [5.41, 5.74) is 0.470. The number of aromatic nitrogens is 4. The van der Waals surface area contributed by atoms with E-state index in [1.807, 2.05) is 26.8 Å². The fraction of sp³-hybridized carbons (Fsp3) is 0.333. The Bertz CT molecular complexity index is 897. The third-order valence-corrected chi connectivity index (χ3v) is 4.11. The molecule has 0 atom stereocenters. The largest absolute Gasteiger partial charge is 0.481 e. The van der Waals surface area contributed by atoms with E-state index in [0.717, 1.165) is 5.56 Å². The highest BCUT2D eigenvalue weighted by Crippen LogP contribution is 2.35. The molecule has 0 saturated heterocycles. The summed E-state index contributed by atoms with van der Waals surface area (Å²) in [6, 6.07) is 6.46. The second-order valence-corrected chi connectivity index (χ2v) is 6.26. The summed E-state index contributed by atoms with van der Waals surface area (Å²) in [5.74, 6) is 0.904. The van der Waals surface area contributed by atoms with Crippen molar-refractivity contribution in [1.29, 1.82) is 0 Å². The topological polar surface area (TPSA) is 83.2 Å². The van der Waals surface area contributed by atoms with Gasteiger partial charge in [0.2, 0.25) is 29.3 Å². The van der Waals surface area contributed by atoms with Gasteiger partial charge >= 0.3 is 0 Å². The van der Waals surface area contributed by atoms with E-state index < -0.39 is 5.41 Å². The van der Waals surface area contributed by atoms with Crippen molar-refractivity contribution in [3.8, 4) is 23.4 Å². The van der Waals surface area contributed by atoms with Crippen molar-refractivity contribution in [2.75, 3.05) is 14.2 Å². The smallest absolute Gasteiger partial charge is 0.240 e. The highest BCUT2D eigenvalue weighted by molar-refractivity contribution is 5.46. The van der Waals surface area contributed by atoms with Crippen LogP contribution in [0.25, 0.3) is 11.6 Å². The summed E-state index contributed by atoms with van der Waals surface area (Å²) >= 11 is 0. The Morgan fingerprint density at radius 1 is 1.00 bits per heavy atom. The van der Waals surface area contributed by atoms with Crippen molar-refractivity contribution >= 4 is 0 Å². The Labute approximate surface area is 150 Å². The lowest BCUT2D eigenvalue weighted by Crippen LogP contribution is -2.22. The second-order valence-electron chi connectivity index (χ2n) is 6.26. The van der Waals surface area contributed by atoms with Crippen LogP contribution in [0.1, 0.15) is 30.9 Å². The molecule has 0 aliphatic rings. The minimum absolute atomic E-state index is 0.166. The SMILES string of the molecule is COc1cc(OC)nc(-c2noc(C(C)(C)c3c(C)cccc3F)n2)n1. The number of halogens is 1. The summed E-state index contributed by atoms with van der Waals surface area (Å²) in [5, 5.41) is 3.94. The summed E-state index contributed by atoms with van der Waals surface area (Å²) in [4.78, 5) is 12.8. The highest BCUT2D eigenvalue weighted by Gasteiger charge is 2.34. The van der Waals surface area contributed by atoms with E-state index in [4.69, 9.17) is 14.0 Å². The van der Waals surface area contributed by atoms with Crippen LogP contribution in [0.5, 0.6) is 11.8 Å². The van der Waals surface area contributed by atoms with Gasteiger partial charge in [-0.25, -0.2) is 4.39 Å². The highest BCUT2D eigenvalue weighted by atomic mass is 19.1. The van der Waals surface area contributed by atoms with Crippen LogP contribution in [0.2, 0.25) is 0 Å². The molecule has 136 valence electrons. The minimum atomic E-state index is -0.830. The van der Waals surface area contributed by atoms with Gasteiger partial charge in [0.25, 0.3) is 0 Å². The number of methoxy groups -OCH3 is 2. The molecule has 2 aromatic heterocycles. The third-order valence-electron chi connectivity index (χ3n) is 4.11. The average molecular weight is 358 g/mol. The lowest BCUT2D eigenvalue weighted by Gasteiger charge is -2.23. The zero-order chi connectivity index (χ0) is 18.9. The Kier molecular flexibility index (Phi) is 4.58. The first-order chi connectivity index (χ1) is 12.4. The molecular weight excluding hydrogens is 339 g/mol. The normalized spacial score (nSPS) is 11.5. The Morgan fingerprint density at radius 2 is 1.65 bits per heavy atom. The molecule has 0 N–H and O–H groups in total. The van der Waals surface area contributed by atoms with Crippen LogP contribution in [0.4, 0.5) is 4.39 Å². The number of hydrogen-bond acceptors (Lipinski definition) is 7. The van der Waals surface area contributed by atoms with Gasteiger partial charge in [0, 0.05) is 5.56 Å². The zero-order valence-corrected chi connectivity index (χ0v) is 15.2. The number of ether oxygens (including phenoxy) is 2. The predicted octanol–water partition coefficient (Wildman–Crippen LogP) is 3.32. The van der Waals surface area contributed by atoms with Gasteiger partial charge < -0.3 is 14.0 Å². The Morgan fingerprint density at radius 3 is 2.23 bits per heavy atom. The van der Waals surface area contributed by atoms with E-state index in [-0.39, 0.29) is 23.4 Å². The molecule has 0 aliphatic carbocycles. The van der Waals surface area contributed by atoms with Gasteiger partial charge in [-0.05, 0) is 32.4 Å². The fourth-order valence-electron chi connectivity index (χ4n) is 2.81. The molecule has 0 fully saturated rings. The lowest BCUT2D eigenvalue weighted by atomic mass is 9.81. The maximum absolute atomic E-state index is 14.4. The monoisotopic (exact) mass is 358 g/mol. The van der Waals surface area contributed by atoms with Crippen molar-refractivity contribution in [3.63, 3.8) is 0 Å². The van der Waals surface area contributed by atoms with E-state index in [1.54, 1.807) is 6.07 Å². The van der Waals surface area contributed by atoms with Gasteiger partial charge in [-0.3, -0.25) is 0 Å². The van der Waals surface area contributed by atoms with Crippen LogP contribution in [0.3, 0.4) is 0 Å². The average Bonchev–Trinajstić information content (AvgIpc) is 3.12. The Balaban J connectivity index is 2.05. The van der Waals surface area contributed by atoms with Gasteiger partial charge in [0.15, 0.2) is 0 Å². The van der Waals surface area contributed by atoms with Crippen LogP contribution in [-0.4, -0.2) is 34.3 Å². The molecule has 1 aromatic carbocycles. The summed E-state index contributed by atoms with van der Waals surface area (Å²) in [6.45, 7) is 5.49. The molecule has 0 bridgehead atoms. The molecule has 0 saturated carbocycles. The molecule has 0 spiro atoms. The third kappa shape index (κ3) is 3.10. The molecule has 8 heteroatoms. The van der Waals surface area contributed by atoms with E-state index >= 15 is 0 Å². The van der Waals surface area contributed by atoms with Crippen LogP contribution >= 0.6 is 0 Å². The zero-order valence-electron chi connectivity index (χ0n) is 15.2. The quantitative estimate of drug-likeness (QED) is 0.692. The number of nitrogens with zero attached hydrogens (tertiary/aromatic N) is 4. The molecule has 3 rings (SSSR count). The first-order valence-corrected chi connectivity index (χ1v) is 7.94. The first-order valence-electron chi connectivity index (χ1n) is 7.94. The van der Waals surface area contributed by atoms with E-state index in [2.05, 4.69) is 20.1 Å². The second kappa shape index (κ2) is 6.70. The number of benzene rings is 1. The first kappa shape index (κ1) is 17.8. The van der Waals surface area contributed by atoms with E-state index in [0.29, 0.717) is 17.3 Å². The van der Waals surface area contributed by atoms with Crippen LogP contribution < -0.4 is 9.47 Å². The molecule has 0 amide bonds. The van der Waals surface area contributed by atoms with Crippen molar-refractivity contribution in [2.45, 2.75) is 26.2 Å². The predicted molar refractivity (Wildman–Crippen MR) is 91.7 cm³/mol. The summed E-state index contributed by atoms with van der Waals surface area (Å²) in [6.07, 6.45) is 0. The summed E-state index contributed by atoms with van der Waals surface area (Å²) in [7, 11) is 2.97. The molecule has 3 aromatic rings. The molecular formula is C18H19FN4O3.